The normalized spacial score (nSPS) is 16.1. The van der Waals surface area contributed by atoms with E-state index in [-0.39, 0.29) is 12.5 Å². The van der Waals surface area contributed by atoms with Crippen LogP contribution in [0.4, 0.5) is 13.2 Å². The van der Waals surface area contributed by atoms with Crippen LogP contribution in [0, 0.1) is 0 Å². The maximum atomic E-state index is 11.9. The van der Waals surface area contributed by atoms with Gasteiger partial charge in [-0.3, -0.25) is 0 Å². The molecule has 0 heterocycles. The van der Waals surface area contributed by atoms with E-state index >= 15 is 0 Å². The van der Waals surface area contributed by atoms with Crippen molar-refractivity contribution in [2.24, 2.45) is 0 Å². The van der Waals surface area contributed by atoms with Gasteiger partial charge in [-0.1, -0.05) is 0 Å². The van der Waals surface area contributed by atoms with E-state index in [1.807, 2.05) is 6.92 Å². The Morgan fingerprint density at radius 1 is 1.12 bits per heavy atom. The van der Waals surface area contributed by atoms with Crippen LogP contribution in [0.1, 0.15) is 39.5 Å². The smallest absolute Gasteiger partial charge is 0.312 e. The number of alkyl halides is 3. The Labute approximate surface area is 101 Å². The van der Waals surface area contributed by atoms with Gasteiger partial charge in [0.25, 0.3) is 0 Å². The topological polar surface area (TPSA) is 12.0 Å². The fourth-order valence-corrected chi connectivity index (χ4v) is 2.14. The van der Waals surface area contributed by atoms with E-state index in [0.29, 0.717) is 12.5 Å². The summed E-state index contributed by atoms with van der Waals surface area (Å²) in [6.07, 6.45) is -0.761. The van der Waals surface area contributed by atoms with E-state index < -0.39 is 12.6 Å². The first-order chi connectivity index (χ1) is 7.35. The predicted octanol–water partition coefficient (Wildman–Crippen LogP) is 3.84. The van der Waals surface area contributed by atoms with Crippen LogP contribution in [0.15, 0.2) is 0 Å². The molecular formula is C11H22F3NS. The van der Waals surface area contributed by atoms with E-state index in [0.717, 1.165) is 12.2 Å². The molecule has 0 aliphatic rings. The second-order valence-corrected chi connectivity index (χ2v) is 5.24. The van der Waals surface area contributed by atoms with Gasteiger partial charge in [0.05, 0.1) is 0 Å². The monoisotopic (exact) mass is 257 g/mol. The zero-order valence-corrected chi connectivity index (χ0v) is 11.0. The highest BCUT2D eigenvalue weighted by Crippen LogP contribution is 2.22. The Morgan fingerprint density at radius 2 is 1.69 bits per heavy atom. The quantitative estimate of drug-likeness (QED) is 0.709. The third-order valence-corrected chi connectivity index (χ3v) is 3.07. The first kappa shape index (κ1) is 16.1. The molecule has 0 saturated carbocycles. The standard InChI is InChI=1S/C11H22F3NS/c1-9(5-4-7-11(12,13)14)15-10(2)6-8-16-3/h9-10,15H,4-8H2,1-3H3. The highest BCUT2D eigenvalue weighted by molar-refractivity contribution is 7.98. The molecule has 0 fully saturated rings. The van der Waals surface area contributed by atoms with Gasteiger partial charge < -0.3 is 5.32 Å². The summed E-state index contributed by atoms with van der Waals surface area (Å²) < 4.78 is 35.7. The van der Waals surface area contributed by atoms with Crippen LogP contribution in [0.25, 0.3) is 0 Å². The highest BCUT2D eigenvalue weighted by atomic mass is 32.2. The molecule has 98 valence electrons. The van der Waals surface area contributed by atoms with Gasteiger partial charge in [-0.2, -0.15) is 24.9 Å². The molecular weight excluding hydrogens is 235 g/mol. The summed E-state index contributed by atoms with van der Waals surface area (Å²) in [6.45, 7) is 4.03. The van der Waals surface area contributed by atoms with Gasteiger partial charge in [0.15, 0.2) is 0 Å². The summed E-state index contributed by atoms with van der Waals surface area (Å²) in [4.78, 5) is 0. The van der Waals surface area contributed by atoms with Crippen molar-refractivity contribution >= 4 is 11.8 Å². The SMILES string of the molecule is CSCCC(C)NC(C)CCCC(F)(F)F. The zero-order valence-electron chi connectivity index (χ0n) is 10.2. The van der Waals surface area contributed by atoms with Gasteiger partial charge in [0, 0.05) is 18.5 Å². The van der Waals surface area contributed by atoms with Gasteiger partial charge in [-0.25, -0.2) is 0 Å². The van der Waals surface area contributed by atoms with E-state index in [1.54, 1.807) is 11.8 Å². The summed E-state index contributed by atoms with van der Waals surface area (Å²) in [6, 6.07) is 0.549. The van der Waals surface area contributed by atoms with Crippen molar-refractivity contribution in [3.05, 3.63) is 0 Å². The molecule has 0 amide bonds. The molecule has 0 saturated heterocycles. The fraction of sp³-hybridized carbons (Fsp3) is 1.00. The van der Waals surface area contributed by atoms with E-state index in [1.165, 1.54) is 0 Å². The second kappa shape index (κ2) is 8.23. The lowest BCUT2D eigenvalue weighted by Crippen LogP contribution is -2.35. The maximum absolute atomic E-state index is 11.9. The summed E-state index contributed by atoms with van der Waals surface area (Å²) in [7, 11) is 0. The van der Waals surface area contributed by atoms with Crippen molar-refractivity contribution < 1.29 is 13.2 Å². The van der Waals surface area contributed by atoms with E-state index in [2.05, 4.69) is 18.5 Å². The first-order valence-electron chi connectivity index (χ1n) is 5.67. The lowest BCUT2D eigenvalue weighted by Gasteiger charge is -2.20. The van der Waals surface area contributed by atoms with Crippen LogP contribution < -0.4 is 5.32 Å². The number of rotatable bonds is 8. The Balaban J connectivity index is 3.54. The molecule has 2 atom stereocenters. The first-order valence-corrected chi connectivity index (χ1v) is 7.06. The Bertz CT molecular complexity index is 173. The van der Waals surface area contributed by atoms with Crippen molar-refractivity contribution in [1.29, 1.82) is 0 Å². The molecule has 0 aromatic rings. The molecule has 0 bridgehead atoms. The lowest BCUT2D eigenvalue weighted by atomic mass is 10.1. The molecule has 16 heavy (non-hydrogen) atoms. The molecule has 0 aliphatic carbocycles. The van der Waals surface area contributed by atoms with Gasteiger partial charge in [-0.15, -0.1) is 0 Å². The summed E-state index contributed by atoms with van der Waals surface area (Å²) >= 11 is 1.79. The molecule has 0 rings (SSSR count). The third-order valence-electron chi connectivity index (χ3n) is 2.42. The van der Waals surface area contributed by atoms with Crippen LogP contribution >= 0.6 is 11.8 Å². The third kappa shape index (κ3) is 10.6. The lowest BCUT2D eigenvalue weighted by molar-refractivity contribution is -0.135. The predicted molar refractivity (Wildman–Crippen MR) is 65.0 cm³/mol. The van der Waals surface area contributed by atoms with Crippen LogP contribution in [-0.4, -0.2) is 30.3 Å². The molecule has 2 unspecified atom stereocenters. The Kier molecular flexibility index (Phi) is 8.28. The highest BCUT2D eigenvalue weighted by Gasteiger charge is 2.26. The summed E-state index contributed by atoms with van der Waals surface area (Å²) in [5.41, 5.74) is 0. The summed E-state index contributed by atoms with van der Waals surface area (Å²) in [5.74, 6) is 1.09. The van der Waals surface area contributed by atoms with Gasteiger partial charge in [-0.05, 0) is 45.1 Å². The van der Waals surface area contributed by atoms with E-state index in [4.69, 9.17) is 0 Å². The van der Waals surface area contributed by atoms with E-state index in [9.17, 15) is 13.2 Å². The minimum absolute atomic E-state index is 0.166. The number of halogens is 3. The number of hydrogen-bond donors (Lipinski definition) is 1. The van der Waals surface area contributed by atoms with Crippen LogP contribution in [0.2, 0.25) is 0 Å². The second-order valence-electron chi connectivity index (χ2n) is 4.26. The molecule has 5 heteroatoms. The van der Waals surface area contributed by atoms with Gasteiger partial charge >= 0.3 is 6.18 Å². The fourth-order valence-electron chi connectivity index (χ4n) is 1.56. The average Bonchev–Trinajstić information content (AvgIpc) is 2.12. The molecule has 0 aromatic heterocycles. The van der Waals surface area contributed by atoms with Crippen LogP contribution in [0.3, 0.4) is 0 Å². The summed E-state index contributed by atoms with van der Waals surface area (Å²) in [5, 5.41) is 3.32. The van der Waals surface area contributed by atoms with Gasteiger partial charge in [0.2, 0.25) is 0 Å². The zero-order chi connectivity index (χ0) is 12.6. The number of nitrogens with one attached hydrogen (secondary N) is 1. The van der Waals surface area contributed by atoms with Crippen molar-refractivity contribution in [2.75, 3.05) is 12.0 Å². The van der Waals surface area contributed by atoms with Crippen molar-refractivity contribution in [3.8, 4) is 0 Å². The molecule has 0 spiro atoms. The van der Waals surface area contributed by atoms with Crippen LogP contribution in [0.5, 0.6) is 0 Å². The largest absolute Gasteiger partial charge is 0.389 e. The molecule has 0 aromatic carbocycles. The van der Waals surface area contributed by atoms with Gasteiger partial charge in [0.1, 0.15) is 0 Å². The molecule has 0 radical (unpaired) electrons. The van der Waals surface area contributed by atoms with Crippen LogP contribution in [-0.2, 0) is 0 Å². The average molecular weight is 257 g/mol. The minimum Gasteiger partial charge on any atom is -0.312 e. The number of thioether (sulfide) groups is 1. The molecule has 1 N–H and O–H groups in total. The molecule has 1 nitrogen and oxygen atoms in total. The number of hydrogen-bond acceptors (Lipinski definition) is 2. The van der Waals surface area contributed by atoms with Crippen molar-refractivity contribution in [2.45, 2.75) is 57.8 Å². The Hall–Kier alpha value is 0.100. The van der Waals surface area contributed by atoms with Crippen molar-refractivity contribution in [3.63, 3.8) is 0 Å². The van der Waals surface area contributed by atoms with Crippen molar-refractivity contribution in [1.82, 2.24) is 5.32 Å². The molecule has 0 aliphatic heterocycles. The minimum atomic E-state index is -4.01. The maximum Gasteiger partial charge on any atom is 0.389 e. The Morgan fingerprint density at radius 3 is 2.19 bits per heavy atom.